The number of nitrogens with zero attached hydrogens (tertiary/aromatic N) is 1. The van der Waals surface area contributed by atoms with Crippen LogP contribution in [0.15, 0.2) is 42.6 Å². The second kappa shape index (κ2) is 6.80. The van der Waals surface area contributed by atoms with Crippen LogP contribution < -0.4 is 16.2 Å². The Morgan fingerprint density at radius 3 is 2.45 bits per heavy atom. The molecule has 0 radical (unpaired) electrons. The van der Waals surface area contributed by atoms with Crippen LogP contribution in [0.5, 0.6) is 0 Å². The standard InChI is InChI=1S/C13H10ClF3N4S/c14-10-6-8(13(15,16)17)7-18-11(10)20-21-12(22)19-9-4-2-1-3-5-9/h1-7H,(H,18,20)(H2,19,21,22). The van der Waals surface area contributed by atoms with Crippen LogP contribution >= 0.6 is 23.8 Å². The molecule has 1 aromatic heterocycles. The van der Waals surface area contributed by atoms with Crippen molar-refractivity contribution in [3.63, 3.8) is 0 Å². The molecular weight excluding hydrogens is 337 g/mol. The summed E-state index contributed by atoms with van der Waals surface area (Å²) in [6.07, 6.45) is -3.81. The summed E-state index contributed by atoms with van der Waals surface area (Å²) in [5.41, 5.74) is 4.97. The SMILES string of the molecule is FC(F)(F)c1cnc(NNC(=S)Nc2ccccc2)c(Cl)c1. The number of alkyl halides is 3. The summed E-state index contributed by atoms with van der Waals surface area (Å²) in [7, 11) is 0. The second-order valence-electron chi connectivity index (χ2n) is 4.12. The predicted octanol–water partition coefficient (Wildman–Crippen LogP) is 4.07. The molecule has 0 saturated carbocycles. The molecule has 1 aromatic carbocycles. The van der Waals surface area contributed by atoms with E-state index >= 15 is 0 Å². The highest BCUT2D eigenvalue weighted by Crippen LogP contribution is 2.32. The molecule has 0 spiro atoms. The fraction of sp³-hybridized carbons (Fsp3) is 0.0769. The first kappa shape index (κ1) is 16.3. The molecule has 0 saturated heterocycles. The summed E-state index contributed by atoms with van der Waals surface area (Å²) < 4.78 is 37.5. The van der Waals surface area contributed by atoms with E-state index < -0.39 is 11.7 Å². The number of benzene rings is 1. The molecule has 4 nitrogen and oxygen atoms in total. The van der Waals surface area contributed by atoms with Gasteiger partial charge in [0.25, 0.3) is 0 Å². The summed E-state index contributed by atoms with van der Waals surface area (Å²) >= 11 is 10.8. The van der Waals surface area contributed by atoms with E-state index in [4.69, 9.17) is 23.8 Å². The average Bonchev–Trinajstić information content (AvgIpc) is 2.46. The molecule has 9 heteroatoms. The van der Waals surface area contributed by atoms with Crippen molar-refractivity contribution in [2.24, 2.45) is 0 Å². The third-order valence-corrected chi connectivity index (χ3v) is 2.99. The van der Waals surface area contributed by atoms with Gasteiger partial charge in [0.05, 0.1) is 10.6 Å². The normalized spacial score (nSPS) is 10.9. The van der Waals surface area contributed by atoms with Crippen molar-refractivity contribution in [2.75, 3.05) is 10.7 Å². The van der Waals surface area contributed by atoms with E-state index in [1.165, 1.54) is 0 Å². The number of hydrogen-bond acceptors (Lipinski definition) is 3. The van der Waals surface area contributed by atoms with Crippen molar-refractivity contribution in [3.8, 4) is 0 Å². The number of halogens is 4. The molecular formula is C13H10ClF3N4S. The molecule has 1 heterocycles. The quantitative estimate of drug-likeness (QED) is 0.578. The second-order valence-corrected chi connectivity index (χ2v) is 4.94. The van der Waals surface area contributed by atoms with E-state index in [9.17, 15) is 13.2 Å². The van der Waals surface area contributed by atoms with Gasteiger partial charge in [-0.05, 0) is 30.4 Å². The first-order chi connectivity index (χ1) is 10.4. The molecule has 0 atom stereocenters. The van der Waals surface area contributed by atoms with Crippen LogP contribution in [0.1, 0.15) is 5.56 Å². The summed E-state index contributed by atoms with van der Waals surface area (Å²) in [5, 5.41) is 2.91. The van der Waals surface area contributed by atoms with E-state index in [2.05, 4.69) is 21.2 Å². The molecule has 0 aliphatic carbocycles. The Balaban J connectivity index is 1.96. The minimum absolute atomic E-state index is 0.0341. The van der Waals surface area contributed by atoms with Gasteiger partial charge in [-0.1, -0.05) is 29.8 Å². The van der Waals surface area contributed by atoms with E-state index in [1.54, 1.807) is 12.1 Å². The Kier molecular flexibility index (Phi) is 5.04. The van der Waals surface area contributed by atoms with Crippen LogP contribution in [-0.2, 0) is 6.18 Å². The Morgan fingerprint density at radius 1 is 1.18 bits per heavy atom. The predicted molar refractivity (Wildman–Crippen MR) is 83.7 cm³/mol. The summed E-state index contributed by atoms with van der Waals surface area (Å²) in [6, 6.07) is 9.89. The van der Waals surface area contributed by atoms with Crippen molar-refractivity contribution in [3.05, 3.63) is 53.2 Å². The lowest BCUT2D eigenvalue weighted by Gasteiger charge is -2.14. The number of pyridine rings is 1. The van der Waals surface area contributed by atoms with E-state index in [1.807, 2.05) is 18.2 Å². The highest BCUT2D eigenvalue weighted by molar-refractivity contribution is 7.80. The zero-order valence-electron chi connectivity index (χ0n) is 10.9. The molecule has 22 heavy (non-hydrogen) atoms. The van der Waals surface area contributed by atoms with Crippen molar-refractivity contribution in [1.82, 2.24) is 10.4 Å². The number of nitrogens with one attached hydrogen (secondary N) is 3. The van der Waals surface area contributed by atoms with Crippen LogP contribution in [0.25, 0.3) is 0 Å². The Bertz CT molecular complexity index is 664. The van der Waals surface area contributed by atoms with Gasteiger partial charge >= 0.3 is 6.18 Å². The number of para-hydroxylation sites is 1. The lowest BCUT2D eigenvalue weighted by Crippen LogP contribution is -2.33. The smallest absolute Gasteiger partial charge is 0.331 e. The maximum absolute atomic E-state index is 12.5. The van der Waals surface area contributed by atoms with Crippen LogP contribution in [-0.4, -0.2) is 10.1 Å². The van der Waals surface area contributed by atoms with Gasteiger partial charge < -0.3 is 5.32 Å². The number of anilines is 2. The summed E-state index contributed by atoms with van der Waals surface area (Å²) in [5.74, 6) is 0.0341. The van der Waals surface area contributed by atoms with E-state index in [0.29, 0.717) is 6.20 Å². The fourth-order valence-corrected chi connectivity index (χ4v) is 1.87. The molecule has 0 bridgehead atoms. The largest absolute Gasteiger partial charge is 0.417 e. The summed E-state index contributed by atoms with van der Waals surface area (Å²) in [4.78, 5) is 3.61. The average molecular weight is 347 g/mol. The maximum atomic E-state index is 12.5. The van der Waals surface area contributed by atoms with E-state index in [0.717, 1.165) is 11.8 Å². The van der Waals surface area contributed by atoms with Gasteiger partial charge in [-0.3, -0.25) is 10.9 Å². The molecule has 0 amide bonds. The van der Waals surface area contributed by atoms with Gasteiger partial charge in [0.1, 0.15) is 0 Å². The molecule has 0 aliphatic rings. The van der Waals surface area contributed by atoms with Crippen molar-refractivity contribution >= 4 is 40.4 Å². The molecule has 116 valence electrons. The van der Waals surface area contributed by atoms with Gasteiger partial charge in [-0.25, -0.2) is 4.98 Å². The topological polar surface area (TPSA) is 49.0 Å². The van der Waals surface area contributed by atoms with Gasteiger partial charge in [0.2, 0.25) is 0 Å². The van der Waals surface area contributed by atoms with E-state index in [-0.39, 0.29) is 16.0 Å². The zero-order chi connectivity index (χ0) is 16.2. The highest BCUT2D eigenvalue weighted by Gasteiger charge is 2.31. The third kappa shape index (κ3) is 4.47. The molecule has 0 unspecified atom stereocenters. The van der Waals surface area contributed by atoms with Crippen molar-refractivity contribution < 1.29 is 13.2 Å². The van der Waals surface area contributed by atoms with Crippen molar-refractivity contribution in [1.29, 1.82) is 0 Å². The molecule has 2 rings (SSSR count). The van der Waals surface area contributed by atoms with Crippen LogP contribution in [0.4, 0.5) is 24.7 Å². The van der Waals surface area contributed by atoms with Gasteiger partial charge in [0, 0.05) is 11.9 Å². The number of aromatic nitrogens is 1. The molecule has 0 fully saturated rings. The van der Waals surface area contributed by atoms with Gasteiger partial charge in [-0.15, -0.1) is 0 Å². The molecule has 3 N–H and O–H groups in total. The maximum Gasteiger partial charge on any atom is 0.417 e. The van der Waals surface area contributed by atoms with Crippen LogP contribution in [0.3, 0.4) is 0 Å². The number of rotatable bonds is 3. The Labute approximate surface area is 134 Å². The summed E-state index contributed by atoms with van der Waals surface area (Å²) in [6.45, 7) is 0. The minimum atomic E-state index is -4.49. The third-order valence-electron chi connectivity index (χ3n) is 2.49. The highest BCUT2D eigenvalue weighted by atomic mass is 35.5. The molecule has 0 aliphatic heterocycles. The monoisotopic (exact) mass is 346 g/mol. The number of hydrogen-bond donors (Lipinski definition) is 3. The van der Waals surface area contributed by atoms with Crippen LogP contribution in [0.2, 0.25) is 5.02 Å². The Hall–Kier alpha value is -2.06. The lowest BCUT2D eigenvalue weighted by molar-refractivity contribution is -0.137. The van der Waals surface area contributed by atoms with Crippen LogP contribution in [0, 0.1) is 0 Å². The number of hydrazine groups is 1. The van der Waals surface area contributed by atoms with Gasteiger partial charge in [-0.2, -0.15) is 13.2 Å². The zero-order valence-corrected chi connectivity index (χ0v) is 12.5. The first-order valence-electron chi connectivity index (χ1n) is 5.97. The minimum Gasteiger partial charge on any atom is -0.331 e. The first-order valence-corrected chi connectivity index (χ1v) is 6.75. The van der Waals surface area contributed by atoms with Crippen molar-refractivity contribution in [2.45, 2.75) is 6.18 Å². The lowest BCUT2D eigenvalue weighted by atomic mass is 10.3. The van der Waals surface area contributed by atoms with Gasteiger partial charge in [0.15, 0.2) is 10.9 Å². The fourth-order valence-electron chi connectivity index (χ4n) is 1.48. The molecule has 2 aromatic rings. The number of thiocarbonyl (C=S) groups is 1. The Morgan fingerprint density at radius 2 is 1.86 bits per heavy atom.